The lowest BCUT2D eigenvalue weighted by atomic mass is 10.1. The van der Waals surface area contributed by atoms with Crippen molar-refractivity contribution in [3.63, 3.8) is 0 Å². The lowest BCUT2D eigenvalue weighted by Gasteiger charge is -1.91. The molecule has 0 bridgehead atoms. The Balaban J connectivity index is 2.16. The van der Waals surface area contributed by atoms with E-state index >= 15 is 0 Å². The normalized spacial score (nSPS) is 11.9. The van der Waals surface area contributed by atoms with Gasteiger partial charge in [-0.05, 0) is 37.1 Å². The number of hydrogen-bond donors (Lipinski definition) is 0. The van der Waals surface area contributed by atoms with Gasteiger partial charge in [-0.3, -0.25) is 4.79 Å². The first-order valence-corrected chi connectivity index (χ1v) is 5.02. The molecule has 0 unspecified atom stereocenters. The van der Waals surface area contributed by atoms with Crippen LogP contribution in [0.4, 0.5) is 0 Å². The summed E-state index contributed by atoms with van der Waals surface area (Å²) < 4.78 is 0. The van der Waals surface area contributed by atoms with Gasteiger partial charge in [-0.25, -0.2) is 0 Å². The van der Waals surface area contributed by atoms with E-state index in [4.69, 9.17) is 0 Å². The number of rotatable bonds is 1. The van der Waals surface area contributed by atoms with Gasteiger partial charge in [0.1, 0.15) is 0 Å². The number of aryl methyl sites for hydroxylation is 1. The minimum Gasteiger partial charge on any atom is -0.279 e. The van der Waals surface area contributed by atoms with Gasteiger partial charge >= 0.3 is 0 Å². The molecule has 16 heavy (non-hydrogen) atoms. The van der Waals surface area contributed by atoms with E-state index in [-0.39, 0.29) is 5.78 Å². The van der Waals surface area contributed by atoms with E-state index in [0.717, 1.165) is 5.56 Å². The number of allylic oxidation sites excluding steroid dienone is 3. The monoisotopic (exact) mass is 206 g/mol. The number of carbonyl (C=O) groups excluding carboxylic acids is 1. The lowest BCUT2D eigenvalue weighted by molar-refractivity contribution is -0.110. The van der Waals surface area contributed by atoms with Crippen molar-refractivity contribution in [3.05, 3.63) is 64.9 Å². The zero-order chi connectivity index (χ0) is 11.4. The summed E-state index contributed by atoms with van der Waals surface area (Å²) in [6.45, 7) is 2.02. The molecule has 1 aromatic rings. The molecule has 0 fully saturated rings. The number of carbonyl (C=O) groups is 1. The molecule has 0 atom stereocenters. The third kappa shape index (κ3) is 2.39. The fourth-order valence-corrected chi connectivity index (χ4v) is 1.30. The number of Topliss-reactive ketones (excluding diaryl/α,β-unsaturated/α-hetero) is 1. The van der Waals surface area contributed by atoms with Crippen molar-refractivity contribution in [1.29, 1.82) is 0 Å². The van der Waals surface area contributed by atoms with E-state index in [1.165, 1.54) is 5.56 Å². The van der Waals surface area contributed by atoms with Crippen molar-refractivity contribution in [3.8, 4) is 11.8 Å². The second-order valence-corrected chi connectivity index (χ2v) is 3.53. The molecule has 0 heterocycles. The fourth-order valence-electron chi connectivity index (χ4n) is 1.30. The molecule has 2 rings (SSSR count). The lowest BCUT2D eigenvalue weighted by Crippen LogP contribution is -1.93. The molecular weight excluding hydrogens is 196 g/mol. The van der Waals surface area contributed by atoms with Crippen LogP contribution in [0.2, 0.25) is 0 Å². The van der Waals surface area contributed by atoms with Gasteiger partial charge in [-0.15, -0.1) is 5.73 Å². The molecule has 1 aliphatic carbocycles. The maximum absolute atomic E-state index is 11.5. The third-order valence-corrected chi connectivity index (χ3v) is 2.21. The van der Waals surface area contributed by atoms with Gasteiger partial charge in [-0.2, -0.15) is 0 Å². The van der Waals surface area contributed by atoms with Crippen molar-refractivity contribution in [2.24, 2.45) is 0 Å². The van der Waals surface area contributed by atoms with E-state index in [0.29, 0.717) is 5.57 Å². The van der Waals surface area contributed by atoms with Crippen molar-refractivity contribution < 1.29 is 4.79 Å². The van der Waals surface area contributed by atoms with Crippen molar-refractivity contribution >= 4 is 5.78 Å². The summed E-state index contributed by atoms with van der Waals surface area (Å²) in [6, 6.07) is 7.76. The first-order valence-electron chi connectivity index (χ1n) is 5.02. The van der Waals surface area contributed by atoms with Crippen LogP contribution in [-0.2, 0) is 4.79 Å². The Labute approximate surface area is 94.8 Å². The molecule has 1 heteroatoms. The van der Waals surface area contributed by atoms with Crippen molar-refractivity contribution in [2.75, 3.05) is 0 Å². The zero-order valence-electron chi connectivity index (χ0n) is 8.95. The quantitative estimate of drug-likeness (QED) is 0.510. The molecule has 0 aromatic heterocycles. The van der Waals surface area contributed by atoms with Gasteiger partial charge in [0.25, 0.3) is 0 Å². The Morgan fingerprint density at radius 3 is 2.62 bits per heavy atom. The molecule has 0 amide bonds. The molecule has 0 radical (unpaired) electrons. The maximum Gasteiger partial charge on any atom is 0.243 e. The second kappa shape index (κ2) is 4.49. The van der Waals surface area contributed by atoms with Crippen molar-refractivity contribution in [2.45, 2.75) is 6.92 Å². The summed E-state index contributed by atoms with van der Waals surface area (Å²) in [5.41, 5.74) is 5.39. The van der Waals surface area contributed by atoms with Gasteiger partial charge in [-0.1, -0.05) is 29.7 Å². The van der Waals surface area contributed by atoms with Crippen LogP contribution in [-0.4, -0.2) is 5.78 Å². The SMILES string of the molecule is Cc1ccc(C#CC(=O)C2=C=CC=C2)cc1. The first-order chi connectivity index (χ1) is 7.75. The Kier molecular flexibility index (Phi) is 2.87. The van der Waals surface area contributed by atoms with E-state index in [9.17, 15) is 4.79 Å². The molecule has 0 spiro atoms. The van der Waals surface area contributed by atoms with Crippen LogP contribution in [0, 0.1) is 18.8 Å². The molecule has 0 saturated carbocycles. The Bertz CT molecular complexity index is 568. The van der Waals surface area contributed by atoms with Crippen LogP contribution in [0.15, 0.2) is 53.8 Å². The minimum atomic E-state index is -0.189. The summed E-state index contributed by atoms with van der Waals surface area (Å²) >= 11 is 0. The van der Waals surface area contributed by atoms with Gasteiger partial charge in [0.15, 0.2) is 0 Å². The van der Waals surface area contributed by atoms with Crippen LogP contribution in [0.5, 0.6) is 0 Å². The van der Waals surface area contributed by atoms with Crippen molar-refractivity contribution in [1.82, 2.24) is 0 Å². The number of hydrogen-bond acceptors (Lipinski definition) is 1. The molecule has 0 N–H and O–H groups in total. The van der Waals surface area contributed by atoms with Gasteiger partial charge in [0.2, 0.25) is 5.78 Å². The Morgan fingerprint density at radius 2 is 2.00 bits per heavy atom. The van der Waals surface area contributed by atoms with E-state index in [1.54, 1.807) is 18.2 Å². The van der Waals surface area contributed by atoms with Crippen LogP contribution in [0.25, 0.3) is 0 Å². The first kappa shape index (κ1) is 10.2. The van der Waals surface area contributed by atoms with Gasteiger partial charge in [0, 0.05) is 5.56 Å². The van der Waals surface area contributed by atoms with Crippen LogP contribution in [0.3, 0.4) is 0 Å². The van der Waals surface area contributed by atoms with Crippen LogP contribution < -0.4 is 0 Å². The third-order valence-electron chi connectivity index (χ3n) is 2.21. The average molecular weight is 206 g/mol. The average Bonchev–Trinajstić information content (AvgIpc) is 2.81. The highest BCUT2D eigenvalue weighted by atomic mass is 16.1. The molecule has 1 nitrogen and oxygen atoms in total. The standard InChI is InChI=1S/C15H10O/c1-12-6-8-13(9-7-12)10-11-15(16)14-4-2-3-5-14/h2-4,6-9H,1H3. The van der Waals surface area contributed by atoms with Crippen LogP contribution in [0.1, 0.15) is 11.1 Å². The maximum atomic E-state index is 11.5. The van der Waals surface area contributed by atoms with Crippen LogP contribution >= 0.6 is 0 Å². The largest absolute Gasteiger partial charge is 0.279 e. The Morgan fingerprint density at radius 1 is 1.25 bits per heavy atom. The summed E-state index contributed by atoms with van der Waals surface area (Å²) in [7, 11) is 0. The predicted octanol–water partition coefficient (Wildman–Crippen LogP) is 2.57. The molecule has 76 valence electrons. The predicted molar refractivity (Wildman–Crippen MR) is 63.8 cm³/mol. The highest BCUT2D eigenvalue weighted by Gasteiger charge is 2.02. The molecular formula is C15H10O. The van der Waals surface area contributed by atoms with E-state index in [1.807, 2.05) is 31.2 Å². The number of benzene rings is 1. The second-order valence-electron chi connectivity index (χ2n) is 3.53. The fraction of sp³-hybridized carbons (Fsp3) is 0.0667. The summed E-state index contributed by atoms with van der Waals surface area (Å²) in [5, 5.41) is 0. The smallest absolute Gasteiger partial charge is 0.243 e. The minimum absolute atomic E-state index is 0.189. The zero-order valence-corrected chi connectivity index (χ0v) is 8.95. The highest BCUT2D eigenvalue weighted by Crippen LogP contribution is 2.04. The van der Waals surface area contributed by atoms with Gasteiger partial charge < -0.3 is 0 Å². The molecule has 0 aliphatic heterocycles. The van der Waals surface area contributed by atoms with E-state index in [2.05, 4.69) is 17.6 Å². The summed E-state index contributed by atoms with van der Waals surface area (Å²) in [4.78, 5) is 11.5. The Hall–Kier alpha value is -2.29. The molecule has 0 saturated heterocycles. The summed E-state index contributed by atoms with van der Waals surface area (Å²) in [6.07, 6.45) is 5.20. The topological polar surface area (TPSA) is 17.1 Å². The summed E-state index contributed by atoms with van der Waals surface area (Å²) in [5.74, 6) is 5.25. The highest BCUT2D eigenvalue weighted by molar-refractivity contribution is 6.10. The number of ketones is 1. The van der Waals surface area contributed by atoms with E-state index < -0.39 is 0 Å². The van der Waals surface area contributed by atoms with Gasteiger partial charge in [0.05, 0.1) is 5.57 Å². The molecule has 1 aliphatic rings. The molecule has 1 aromatic carbocycles.